The number of hydrogen-bond acceptors (Lipinski definition) is 2. The number of anilines is 2. The molecule has 5 aromatic rings. The zero-order chi connectivity index (χ0) is 27.9. The number of halogens is 2. The maximum Gasteiger partial charge on any atom is 0.255 e. The summed E-state index contributed by atoms with van der Waals surface area (Å²) in [5.74, 6) is 0.413. The first-order chi connectivity index (χ1) is 19.5. The third-order valence-corrected chi connectivity index (χ3v) is 7.17. The van der Waals surface area contributed by atoms with Crippen molar-refractivity contribution >= 4 is 46.4 Å². The highest BCUT2D eigenvalue weighted by Gasteiger charge is 2.13. The lowest BCUT2D eigenvalue weighted by Gasteiger charge is -2.14. The molecule has 2 amide bonds. The van der Waals surface area contributed by atoms with Gasteiger partial charge < -0.3 is 10.6 Å². The van der Waals surface area contributed by atoms with Crippen molar-refractivity contribution in [1.82, 2.24) is 0 Å². The molecule has 40 heavy (non-hydrogen) atoms. The van der Waals surface area contributed by atoms with Crippen LogP contribution in [0.15, 0.2) is 121 Å². The Labute approximate surface area is 243 Å². The summed E-state index contributed by atoms with van der Waals surface area (Å²) in [6.45, 7) is 0. The molecular formula is C34H26Cl2N2O2. The Hall–Kier alpha value is -4.38. The van der Waals surface area contributed by atoms with Gasteiger partial charge >= 0.3 is 0 Å². The van der Waals surface area contributed by atoms with E-state index < -0.39 is 0 Å². The van der Waals surface area contributed by atoms with Crippen molar-refractivity contribution in [2.24, 2.45) is 0 Å². The molecule has 0 radical (unpaired) electrons. The van der Waals surface area contributed by atoms with Crippen LogP contribution in [-0.4, -0.2) is 11.8 Å². The fourth-order valence-electron chi connectivity index (χ4n) is 4.36. The van der Waals surface area contributed by atoms with Crippen LogP contribution < -0.4 is 10.6 Å². The minimum Gasteiger partial charge on any atom is -0.322 e. The van der Waals surface area contributed by atoms with E-state index in [1.165, 1.54) is 0 Å². The van der Waals surface area contributed by atoms with Crippen molar-refractivity contribution in [3.8, 4) is 22.3 Å². The van der Waals surface area contributed by atoms with Crippen LogP contribution in [0.5, 0.6) is 0 Å². The monoisotopic (exact) mass is 564 g/mol. The van der Waals surface area contributed by atoms with E-state index in [4.69, 9.17) is 23.2 Å². The van der Waals surface area contributed by atoms with Crippen molar-refractivity contribution in [3.05, 3.63) is 144 Å². The first-order valence-electron chi connectivity index (χ1n) is 12.8. The van der Waals surface area contributed by atoms with E-state index in [9.17, 15) is 9.59 Å². The number of amides is 2. The Morgan fingerprint density at radius 2 is 0.975 bits per heavy atom. The fourth-order valence-corrected chi connectivity index (χ4v) is 4.72. The second-order valence-corrected chi connectivity index (χ2v) is 9.81. The summed E-state index contributed by atoms with van der Waals surface area (Å²) in [6.07, 6.45) is 0. The van der Waals surface area contributed by atoms with Crippen LogP contribution in [0.3, 0.4) is 0 Å². The Morgan fingerprint density at radius 3 is 1.50 bits per heavy atom. The molecular weight excluding hydrogens is 539 g/mol. The first-order valence-corrected chi connectivity index (χ1v) is 13.8. The molecule has 5 aromatic carbocycles. The van der Waals surface area contributed by atoms with E-state index in [2.05, 4.69) is 22.8 Å². The molecule has 0 fully saturated rings. The van der Waals surface area contributed by atoms with Gasteiger partial charge in [0.05, 0.1) is 0 Å². The Morgan fingerprint density at radius 1 is 0.500 bits per heavy atom. The molecule has 0 saturated heterocycles. The Kier molecular flexibility index (Phi) is 8.60. The number of alkyl halides is 2. The third-order valence-electron chi connectivity index (χ3n) is 6.56. The summed E-state index contributed by atoms with van der Waals surface area (Å²) >= 11 is 11.7. The van der Waals surface area contributed by atoms with E-state index in [1.54, 1.807) is 24.3 Å². The van der Waals surface area contributed by atoms with Gasteiger partial charge in [-0.1, -0.05) is 72.8 Å². The standard InChI is InChI=1S/C34H26Cl2N2O2/c35-21-23-6-10-27(11-7-23)33(39)37-29-16-14-26(15-17-29)32-20-30(18-19-31(32)25-4-2-1-3-5-25)38-34(40)28-12-8-24(22-36)9-13-28/h1-20H,21-22H2,(H,37,39)(H,38,40). The highest BCUT2D eigenvalue weighted by Crippen LogP contribution is 2.35. The quantitative estimate of drug-likeness (QED) is 0.185. The topological polar surface area (TPSA) is 58.2 Å². The number of nitrogens with one attached hydrogen (secondary N) is 2. The van der Waals surface area contributed by atoms with Gasteiger partial charge in [0, 0.05) is 34.3 Å². The molecule has 0 saturated carbocycles. The summed E-state index contributed by atoms with van der Waals surface area (Å²) in [6, 6.07) is 38.1. The van der Waals surface area contributed by atoms with Gasteiger partial charge in [-0.3, -0.25) is 9.59 Å². The van der Waals surface area contributed by atoms with E-state index in [1.807, 2.05) is 84.9 Å². The summed E-state index contributed by atoms with van der Waals surface area (Å²) in [5.41, 5.74) is 8.38. The van der Waals surface area contributed by atoms with Gasteiger partial charge in [-0.25, -0.2) is 0 Å². The minimum absolute atomic E-state index is 0.192. The Balaban J connectivity index is 1.41. The van der Waals surface area contributed by atoms with Gasteiger partial charge in [-0.2, -0.15) is 0 Å². The number of benzene rings is 5. The SMILES string of the molecule is O=C(Nc1ccc(-c2cc(NC(=O)c3ccc(CCl)cc3)ccc2-c2ccccc2)cc1)c1ccc(CCl)cc1. The lowest BCUT2D eigenvalue weighted by molar-refractivity contribution is 0.101. The van der Waals surface area contributed by atoms with Gasteiger partial charge in [-0.05, 0) is 81.9 Å². The van der Waals surface area contributed by atoms with Crippen LogP contribution >= 0.6 is 23.2 Å². The zero-order valence-electron chi connectivity index (χ0n) is 21.5. The molecule has 5 rings (SSSR count). The van der Waals surface area contributed by atoms with Crippen LogP contribution in [0, 0.1) is 0 Å². The molecule has 0 spiro atoms. The molecule has 0 aliphatic rings. The molecule has 2 N–H and O–H groups in total. The summed E-state index contributed by atoms with van der Waals surface area (Å²) in [4.78, 5) is 25.6. The molecule has 0 aliphatic heterocycles. The number of carbonyl (C=O) groups is 2. The van der Waals surface area contributed by atoms with E-state index in [0.717, 1.165) is 33.4 Å². The molecule has 0 aliphatic carbocycles. The van der Waals surface area contributed by atoms with Gasteiger partial charge in [0.15, 0.2) is 0 Å². The predicted molar refractivity (Wildman–Crippen MR) is 165 cm³/mol. The number of rotatable bonds is 8. The van der Waals surface area contributed by atoms with Crippen LogP contribution in [0.1, 0.15) is 31.8 Å². The van der Waals surface area contributed by atoms with Crippen molar-refractivity contribution in [2.75, 3.05) is 10.6 Å². The first kappa shape index (κ1) is 27.2. The summed E-state index contributed by atoms with van der Waals surface area (Å²) < 4.78 is 0. The molecule has 198 valence electrons. The lowest BCUT2D eigenvalue weighted by Crippen LogP contribution is -2.12. The highest BCUT2D eigenvalue weighted by molar-refractivity contribution is 6.17. The third kappa shape index (κ3) is 6.42. The number of carbonyl (C=O) groups excluding carboxylic acids is 2. The van der Waals surface area contributed by atoms with Crippen LogP contribution in [-0.2, 0) is 11.8 Å². The molecule has 0 heterocycles. The summed E-state index contributed by atoms with van der Waals surface area (Å²) in [7, 11) is 0. The molecule has 4 nitrogen and oxygen atoms in total. The smallest absolute Gasteiger partial charge is 0.255 e. The Bertz CT molecular complexity index is 1620. The van der Waals surface area contributed by atoms with E-state index >= 15 is 0 Å². The molecule has 0 bridgehead atoms. The molecule has 0 atom stereocenters. The van der Waals surface area contributed by atoms with Crippen LogP contribution in [0.4, 0.5) is 11.4 Å². The minimum atomic E-state index is -0.198. The highest BCUT2D eigenvalue weighted by atomic mass is 35.5. The van der Waals surface area contributed by atoms with Gasteiger partial charge in [-0.15, -0.1) is 23.2 Å². The summed E-state index contributed by atoms with van der Waals surface area (Å²) in [5, 5.41) is 5.96. The molecule has 0 aromatic heterocycles. The van der Waals surface area contributed by atoms with Crippen molar-refractivity contribution in [1.29, 1.82) is 0 Å². The average Bonchev–Trinajstić information content (AvgIpc) is 3.02. The largest absolute Gasteiger partial charge is 0.322 e. The fraction of sp³-hybridized carbons (Fsp3) is 0.0588. The van der Waals surface area contributed by atoms with Crippen molar-refractivity contribution in [3.63, 3.8) is 0 Å². The van der Waals surface area contributed by atoms with Gasteiger partial charge in [0.1, 0.15) is 0 Å². The van der Waals surface area contributed by atoms with Gasteiger partial charge in [0.25, 0.3) is 11.8 Å². The molecule has 6 heteroatoms. The average molecular weight is 566 g/mol. The maximum atomic E-state index is 12.9. The second-order valence-electron chi connectivity index (χ2n) is 9.27. The van der Waals surface area contributed by atoms with E-state index in [-0.39, 0.29) is 11.8 Å². The number of hydrogen-bond donors (Lipinski definition) is 2. The lowest BCUT2D eigenvalue weighted by atomic mass is 9.94. The zero-order valence-corrected chi connectivity index (χ0v) is 23.0. The predicted octanol–water partition coefficient (Wildman–Crippen LogP) is 9.00. The molecule has 0 unspecified atom stereocenters. The van der Waals surface area contributed by atoms with Crippen LogP contribution in [0.25, 0.3) is 22.3 Å². The van der Waals surface area contributed by atoms with Gasteiger partial charge in [0.2, 0.25) is 0 Å². The maximum absolute atomic E-state index is 12.9. The second kappa shape index (κ2) is 12.6. The van der Waals surface area contributed by atoms with Crippen molar-refractivity contribution < 1.29 is 9.59 Å². The normalized spacial score (nSPS) is 10.7. The van der Waals surface area contributed by atoms with Crippen LogP contribution in [0.2, 0.25) is 0 Å². The van der Waals surface area contributed by atoms with Crippen molar-refractivity contribution in [2.45, 2.75) is 11.8 Å². The van der Waals surface area contributed by atoms with E-state index in [0.29, 0.717) is 34.3 Å².